The lowest BCUT2D eigenvalue weighted by molar-refractivity contribution is 0.324. The van der Waals surface area contributed by atoms with Gasteiger partial charge in [-0.1, -0.05) is 38.3 Å². The van der Waals surface area contributed by atoms with Gasteiger partial charge in [-0.3, -0.25) is 0 Å². The van der Waals surface area contributed by atoms with Crippen molar-refractivity contribution in [2.75, 3.05) is 7.05 Å². The molecular formula is C12H23BrN4. The molecule has 1 heterocycles. The highest BCUT2D eigenvalue weighted by molar-refractivity contribution is 9.10. The van der Waals surface area contributed by atoms with E-state index in [1.807, 2.05) is 18.8 Å². The van der Waals surface area contributed by atoms with Gasteiger partial charge in [0, 0.05) is 7.05 Å². The zero-order valence-electron chi connectivity index (χ0n) is 11.2. The van der Waals surface area contributed by atoms with Crippen LogP contribution in [0.25, 0.3) is 0 Å². The molecule has 0 amide bonds. The third-order valence-electron chi connectivity index (χ3n) is 3.36. The number of rotatable bonds is 7. The van der Waals surface area contributed by atoms with Gasteiger partial charge in [-0.15, -0.1) is 5.10 Å². The van der Waals surface area contributed by atoms with Gasteiger partial charge >= 0.3 is 0 Å². The van der Waals surface area contributed by atoms with E-state index in [-0.39, 0.29) is 0 Å². The molecule has 98 valence electrons. The summed E-state index contributed by atoms with van der Waals surface area (Å²) in [5, 5.41) is 11.5. The average Bonchev–Trinajstić information content (AvgIpc) is 2.65. The standard InChI is InChI=1S/C12H23BrN4/c1-5-7-8-9(6-2)10(14-3)11-12(13)15-16-17(11)4/h9-10,14H,5-8H2,1-4H3. The highest BCUT2D eigenvalue weighted by atomic mass is 79.9. The monoisotopic (exact) mass is 302 g/mol. The first-order valence-corrected chi connectivity index (χ1v) is 7.17. The largest absolute Gasteiger partial charge is 0.311 e. The number of nitrogens with one attached hydrogen (secondary N) is 1. The van der Waals surface area contributed by atoms with Gasteiger partial charge in [0.15, 0.2) is 4.60 Å². The van der Waals surface area contributed by atoms with Crippen LogP contribution in [0, 0.1) is 5.92 Å². The van der Waals surface area contributed by atoms with Gasteiger partial charge in [0.1, 0.15) is 0 Å². The van der Waals surface area contributed by atoms with Crippen molar-refractivity contribution in [3.05, 3.63) is 10.3 Å². The maximum atomic E-state index is 4.07. The van der Waals surface area contributed by atoms with Crippen molar-refractivity contribution < 1.29 is 0 Å². The van der Waals surface area contributed by atoms with Crippen LogP contribution in [0.1, 0.15) is 51.3 Å². The molecule has 5 heteroatoms. The van der Waals surface area contributed by atoms with E-state index < -0.39 is 0 Å². The van der Waals surface area contributed by atoms with Gasteiger partial charge in [0.2, 0.25) is 0 Å². The lowest BCUT2D eigenvalue weighted by Gasteiger charge is -2.26. The van der Waals surface area contributed by atoms with E-state index in [2.05, 4.69) is 45.4 Å². The van der Waals surface area contributed by atoms with E-state index in [9.17, 15) is 0 Å². The molecule has 0 aliphatic heterocycles. The summed E-state index contributed by atoms with van der Waals surface area (Å²) >= 11 is 3.49. The fourth-order valence-corrected chi connectivity index (χ4v) is 2.91. The number of hydrogen-bond acceptors (Lipinski definition) is 3. The van der Waals surface area contributed by atoms with Crippen LogP contribution in [0.15, 0.2) is 4.60 Å². The van der Waals surface area contributed by atoms with Crippen molar-refractivity contribution in [3.8, 4) is 0 Å². The van der Waals surface area contributed by atoms with Crippen LogP contribution in [-0.4, -0.2) is 22.0 Å². The summed E-state index contributed by atoms with van der Waals surface area (Å²) in [6.45, 7) is 4.49. The highest BCUT2D eigenvalue weighted by Gasteiger charge is 2.25. The van der Waals surface area contributed by atoms with E-state index in [0.29, 0.717) is 12.0 Å². The maximum Gasteiger partial charge on any atom is 0.153 e. The number of nitrogens with zero attached hydrogens (tertiary/aromatic N) is 3. The summed E-state index contributed by atoms with van der Waals surface area (Å²) in [4.78, 5) is 0. The molecule has 4 nitrogen and oxygen atoms in total. The van der Waals surface area contributed by atoms with Crippen molar-refractivity contribution in [3.63, 3.8) is 0 Å². The number of aryl methyl sites for hydroxylation is 1. The molecule has 0 aliphatic rings. The molecule has 1 N–H and O–H groups in total. The molecule has 0 bridgehead atoms. The summed E-state index contributed by atoms with van der Waals surface area (Å²) in [6, 6.07) is 0.320. The van der Waals surface area contributed by atoms with Gasteiger partial charge in [0.05, 0.1) is 11.7 Å². The van der Waals surface area contributed by atoms with Crippen LogP contribution < -0.4 is 5.32 Å². The van der Waals surface area contributed by atoms with Gasteiger partial charge in [-0.2, -0.15) is 0 Å². The summed E-state index contributed by atoms with van der Waals surface area (Å²) in [5.41, 5.74) is 1.15. The average molecular weight is 303 g/mol. The molecule has 1 aromatic heterocycles. The first-order valence-electron chi connectivity index (χ1n) is 6.37. The van der Waals surface area contributed by atoms with Gasteiger partial charge < -0.3 is 5.32 Å². The Morgan fingerprint density at radius 1 is 1.41 bits per heavy atom. The first kappa shape index (κ1) is 14.6. The smallest absolute Gasteiger partial charge is 0.153 e. The Bertz CT molecular complexity index is 318. The van der Waals surface area contributed by atoms with Crippen LogP contribution in [-0.2, 0) is 7.05 Å². The van der Waals surface area contributed by atoms with Crippen molar-refractivity contribution in [2.45, 2.75) is 45.6 Å². The second-order valence-electron chi connectivity index (χ2n) is 4.47. The summed E-state index contributed by atoms with van der Waals surface area (Å²) in [6.07, 6.45) is 4.94. The van der Waals surface area contributed by atoms with Crippen LogP contribution in [0.3, 0.4) is 0 Å². The molecular weight excluding hydrogens is 280 g/mol. The molecule has 17 heavy (non-hydrogen) atoms. The molecule has 0 saturated carbocycles. The van der Waals surface area contributed by atoms with Crippen molar-refractivity contribution in [1.82, 2.24) is 20.3 Å². The summed E-state index contributed by atoms with van der Waals surface area (Å²) in [7, 11) is 3.96. The quantitative estimate of drug-likeness (QED) is 0.842. The molecule has 2 unspecified atom stereocenters. The third-order valence-corrected chi connectivity index (χ3v) is 3.92. The Morgan fingerprint density at radius 2 is 2.12 bits per heavy atom. The lowest BCUT2D eigenvalue weighted by atomic mass is 9.89. The Balaban J connectivity index is 2.88. The van der Waals surface area contributed by atoms with Crippen molar-refractivity contribution in [2.24, 2.45) is 13.0 Å². The molecule has 0 aliphatic carbocycles. The second kappa shape index (κ2) is 7.11. The molecule has 1 aromatic rings. The Labute approximate surface area is 112 Å². The predicted octanol–water partition coefficient (Wildman–Crippen LogP) is 3.05. The van der Waals surface area contributed by atoms with Crippen LogP contribution >= 0.6 is 15.9 Å². The molecule has 0 saturated heterocycles. The first-order chi connectivity index (χ1) is 8.15. The normalized spacial score (nSPS) is 14.9. The molecule has 1 rings (SSSR count). The van der Waals surface area contributed by atoms with E-state index in [0.717, 1.165) is 10.3 Å². The maximum absolute atomic E-state index is 4.07. The number of halogens is 1. The lowest BCUT2D eigenvalue weighted by Crippen LogP contribution is -2.27. The SMILES string of the molecule is CCCCC(CC)C(NC)c1c(Br)nnn1C. The second-order valence-corrected chi connectivity index (χ2v) is 5.22. The van der Waals surface area contributed by atoms with Crippen LogP contribution in [0.2, 0.25) is 0 Å². The predicted molar refractivity (Wildman–Crippen MR) is 73.8 cm³/mol. The zero-order valence-corrected chi connectivity index (χ0v) is 12.8. The van der Waals surface area contributed by atoms with E-state index in [1.54, 1.807) is 0 Å². The molecule has 0 spiro atoms. The Kier molecular flexibility index (Phi) is 6.12. The molecule has 2 atom stereocenters. The number of unbranched alkanes of at least 4 members (excludes halogenated alkanes) is 1. The summed E-state index contributed by atoms with van der Waals surface area (Å²) in [5.74, 6) is 0.633. The molecule has 0 fully saturated rings. The van der Waals surface area contributed by atoms with E-state index in [1.165, 1.54) is 25.7 Å². The number of hydrogen-bond donors (Lipinski definition) is 1. The zero-order chi connectivity index (χ0) is 12.8. The van der Waals surface area contributed by atoms with Crippen LogP contribution in [0.5, 0.6) is 0 Å². The Morgan fingerprint density at radius 3 is 2.53 bits per heavy atom. The molecule has 0 radical (unpaired) electrons. The van der Waals surface area contributed by atoms with Gasteiger partial charge in [-0.05, 0) is 35.3 Å². The molecule has 0 aromatic carbocycles. The third kappa shape index (κ3) is 3.52. The minimum atomic E-state index is 0.320. The number of aromatic nitrogens is 3. The Hall–Kier alpha value is -0.420. The minimum Gasteiger partial charge on any atom is -0.311 e. The fourth-order valence-electron chi connectivity index (χ4n) is 2.34. The van der Waals surface area contributed by atoms with Crippen molar-refractivity contribution >= 4 is 15.9 Å². The fraction of sp³-hybridized carbons (Fsp3) is 0.833. The van der Waals surface area contributed by atoms with E-state index >= 15 is 0 Å². The topological polar surface area (TPSA) is 42.7 Å². The van der Waals surface area contributed by atoms with Gasteiger partial charge in [0.25, 0.3) is 0 Å². The minimum absolute atomic E-state index is 0.320. The van der Waals surface area contributed by atoms with E-state index in [4.69, 9.17) is 0 Å². The summed E-state index contributed by atoms with van der Waals surface area (Å²) < 4.78 is 2.72. The van der Waals surface area contributed by atoms with Crippen molar-refractivity contribution in [1.29, 1.82) is 0 Å². The van der Waals surface area contributed by atoms with Gasteiger partial charge in [-0.25, -0.2) is 4.68 Å². The van der Waals surface area contributed by atoms with Crippen LogP contribution in [0.4, 0.5) is 0 Å². The highest BCUT2D eigenvalue weighted by Crippen LogP contribution is 2.31.